The van der Waals surface area contributed by atoms with Crippen LogP contribution in [0, 0.1) is 10.1 Å². The first-order valence-electron chi connectivity index (χ1n) is 7.51. The van der Waals surface area contributed by atoms with E-state index in [1.54, 1.807) is 12.1 Å². The highest BCUT2D eigenvalue weighted by atomic mass is 16.6. The molecule has 1 aromatic heterocycles. The number of rotatable bonds is 5. The van der Waals surface area contributed by atoms with Crippen molar-refractivity contribution in [3.63, 3.8) is 0 Å². The second-order valence-corrected chi connectivity index (χ2v) is 5.63. The highest BCUT2D eigenvalue weighted by Crippen LogP contribution is 2.34. The highest BCUT2D eigenvalue weighted by molar-refractivity contribution is 5.85. The Kier molecular flexibility index (Phi) is 4.12. The molecule has 1 heterocycles. The third kappa shape index (κ3) is 2.83. The number of non-ortho nitro benzene ring substituents is 1. The van der Waals surface area contributed by atoms with Crippen LogP contribution in [0.5, 0.6) is 0 Å². The van der Waals surface area contributed by atoms with E-state index in [9.17, 15) is 15.2 Å². The molecule has 1 N–H and O–H groups in total. The summed E-state index contributed by atoms with van der Waals surface area (Å²) < 4.78 is 2.07. The number of para-hydroxylation sites is 1. The quantitative estimate of drug-likeness (QED) is 0.578. The summed E-state index contributed by atoms with van der Waals surface area (Å²) >= 11 is 0. The van der Waals surface area contributed by atoms with Gasteiger partial charge in [0.05, 0.1) is 4.92 Å². The monoisotopic (exact) mass is 310 g/mol. The van der Waals surface area contributed by atoms with Crippen LogP contribution in [-0.4, -0.2) is 21.2 Å². The molecule has 1 atom stereocenters. The number of hydrogen-bond acceptors (Lipinski definition) is 3. The summed E-state index contributed by atoms with van der Waals surface area (Å²) in [5.41, 5.74) is 3.31. The van der Waals surface area contributed by atoms with Gasteiger partial charge < -0.3 is 9.67 Å². The van der Waals surface area contributed by atoms with E-state index >= 15 is 0 Å². The molecule has 5 nitrogen and oxygen atoms in total. The highest BCUT2D eigenvalue weighted by Gasteiger charge is 2.19. The van der Waals surface area contributed by atoms with Crippen molar-refractivity contribution in [3.8, 4) is 0 Å². The largest absolute Gasteiger partial charge is 0.396 e. The van der Waals surface area contributed by atoms with Crippen molar-refractivity contribution in [2.75, 3.05) is 6.61 Å². The Morgan fingerprint density at radius 1 is 1.17 bits per heavy atom. The molecule has 0 radical (unpaired) electrons. The minimum atomic E-state index is -0.400. The third-order valence-electron chi connectivity index (χ3n) is 4.23. The van der Waals surface area contributed by atoms with Gasteiger partial charge in [0.2, 0.25) is 0 Å². The fourth-order valence-electron chi connectivity index (χ4n) is 3.11. The predicted molar refractivity (Wildman–Crippen MR) is 89.6 cm³/mol. The van der Waals surface area contributed by atoms with E-state index < -0.39 is 4.92 Å². The summed E-state index contributed by atoms with van der Waals surface area (Å²) in [7, 11) is 2.00. The summed E-state index contributed by atoms with van der Waals surface area (Å²) in [6.07, 6.45) is 2.65. The number of nitro groups is 1. The molecule has 23 heavy (non-hydrogen) atoms. The zero-order valence-electron chi connectivity index (χ0n) is 12.8. The minimum absolute atomic E-state index is 0.00639. The van der Waals surface area contributed by atoms with Gasteiger partial charge in [-0.15, -0.1) is 0 Å². The molecule has 0 unspecified atom stereocenters. The Morgan fingerprint density at radius 3 is 2.52 bits per heavy atom. The fraction of sp³-hybridized carbons (Fsp3) is 0.222. The number of hydrogen-bond donors (Lipinski definition) is 1. The lowest BCUT2D eigenvalue weighted by Gasteiger charge is -2.16. The van der Waals surface area contributed by atoms with Gasteiger partial charge in [0.1, 0.15) is 0 Å². The summed E-state index contributed by atoms with van der Waals surface area (Å²) in [5, 5.41) is 21.4. The van der Waals surface area contributed by atoms with Gasteiger partial charge in [-0.1, -0.05) is 30.3 Å². The van der Waals surface area contributed by atoms with Gasteiger partial charge in [-0.05, 0) is 23.6 Å². The summed E-state index contributed by atoms with van der Waals surface area (Å²) in [5.74, 6) is 0.00639. The summed E-state index contributed by atoms with van der Waals surface area (Å²) in [4.78, 5) is 10.4. The van der Waals surface area contributed by atoms with E-state index in [2.05, 4.69) is 22.9 Å². The molecule has 2 aromatic carbocycles. The van der Waals surface area contributed by atoms with Gasteiger partial charge in [0.15, 0.2) is 0 Å². The molecule has 0 aliphatic carbocycles. The number of nitrogens with zero attached hydrogens (tertiary/aromatic N) is 2. The van der Waals surface area contributed by atoms with Crippen LogP contribution in [0.4, 0.5) is 5.69 Å². The molecule has 0 bridgehead atoms. The first-order valence-corrected chi connectivity index (χ1v) is 7.51. The third-order valence-corrected chi connectivity index (χ3v) is 4.23. The average Bonchev–Trinajstić information content (AvgIpc) is 2.90. The first-order chi connectivity index (χ1) is 11.1. The second-order valence-electron chi connectivity index (χ2n) is 5.63. The molecular weight excluding hydrogens is 292 g/mol. The minimum Gasteiger partial charge on any atom is -0.396 e. The fourth-order valence-corrected chi connectivity index (χ4v) is 3.11. The lowest BCUT2D eigenvalue weighted by atomic mass is 9.88. The van der Waals surface area contributed by atoms with Gasteiger partial charge >= 0.3 is 0 Å². The lowest BCUT2D eigenvalue weighted by Crippen LogP contribution is -2.03. The normalized spacial score (nSPS) is 12.4. The number of fused-ring (bicyclic) bond motifs is 1. The molecule has 0 aliphatic rings. The molecule has 0 fully saturated rings. The van der Waals surface area contributed by atoms with Gasteiger partial charge in [-0.25, -0.2) is 0 Å². The molecule has 0 saturated heterocycles. The number of nitro benzene ring substituents is 1. The SMILES string of the molecule is Cn1cc([C@H](CCO)c2ccc([N+](=O)[O-])cc2)c2ccccc21. The Labute approximate surface area is 133 Å². The van der Waals surface area contributed by atoms with Crippen LogP contribution < -0.4 is 0 Å². The van der Waals surface area contributed by atoms with Crippen molar-refractivity contribution in [3.05, 3.63) is 76.0 Å². The average molecular weight is 310 g/mol. The van der Waals surface area contributed by atoms with Crippen molar-refractivity contribution in [2.24, 2.45) is 7.05 Å². The maximum atomic E-state index is 10.8. The number of aliphatic hydroxyl groups is 1. The lowest BCUT2D eigenvalue weighted by molar-refractivity contribution is -0.384. The Bertz CT molecular complexity index is 837. The number of aromatic nitrogens is 1. The number of benzene rings is 2. The van der Waals surface area contributed by atoms with Crippen LogP contribution in [0.15, 0.2) is 54.7 Å². The van der Waals surface area contributed by atoms with Gasteiger partial charge in [-0.3, -0.25) is 10.1 Å². The topological polar surface area (TPSA) is 68.3 Å². The Balaban J connectivity index is 2.08. The van der Waals surface area contributed by atoms with Gasteiger partial charge in [0.25, 0.3) is 5.69 Å². The first kappa shape index (κ1) is 15.2. The van der Waals surface area contributed by atoms with Crippen molar-refractivity contribution >= 4 is 16.6 Å². The van der Waals surface area contributed by atoms with Crippen LogP contribution >= 0.6 is 0 Å². The molecule has 118 valence electrons. The Hall–Kier alpha value is -2.66. The summed E-state index contributed by atoms with van der Waals surface area (Å²) in [6.45, 7) is 0.0604. The van der Waals surface area contributed by atoms with E-state index in [-0.39, 0.29) is 18.2 Å². The molecule has 3 rings (SSSR count). The van der Waals surface area contributed by atoms with E-state index in [1.807, 2.05) is 19.2 Å². The predicted octanol–water partition coefficient (Wildman–Crippen LogP) is 3.60. The second kappa shape index (κ2) is 6.22. The van der Waals surface area contributed by atoms with Crippen LogP contribution in [-0.2, 0) is 7.05 Å². The standard InChI is InChI=1S/C18H18N2O3/c1-19-12-17(16-4-2-3-5-18(16)19)15(10-11-21)13-6-8-14(9-7-13)20(22)23/h2-9,12,15,21H,10-11H2,1H3/t15-/m1/s1. The zero-order valence-corrected chi connectivity index (χ0v) is 12.8. The number of aliphatic hydroxyl groups excluding tert-OH is 1. The molecule has 5 heteroatoms. The van der Waals surface area contributed by atoms with Crippen molar-refractivity contribution < 1.29 is 10.0 Å². The van der Waals surface area contributed by atoms with Crippen LogP contribution in [0.2, 0.25) is 0 Å². The van der Waals surface area contributed by atoms with Gasteiger partial charge in [-0.2, -0.15) is 0 Å². The van der Waals surface area contributed by atoms with Crippen LogP contribution in [0.1, 0.15) is 23.5 Å². The van der Waals surface area contributed by atoms with E-state index in [4.69, 9.17) is 0 Å². The van der Waals surface area contributed by atoms with E-state index in [1.165, 1.54) is 12.1 Å². The van der Waals surface area contributed by atoms with Crippen molar-refractivity contribution in [1.82, 2.24) is 4.57 Å². The maximum Gasteiger partial charge on any atom is 0.269 e. The smallest absolute Gasteiger partial charge is 0.269 e. The Morgan fingerprint density at radius 2 is 1.87 bits per heavy atom. The zero-order chi connectivity index (χ0) is 16.4. The van der Waals surface area contributed by atoms with Gasteiger partial charge in [0, 0.05) is 48.8 Å². The van der Waals surface area contributed by atoms with Crippen molar-refractivity contribution in [1.29, 1.82) is 0 Å². The van der Waals surface area contributed by atoms with Crippen LogP contribution in [0.25, 0.3) is 10.9 Å². The van der Waals surface area contributed by atoms with E-state index in [0.29, 0.717) is 6.42 Å². The molecule has 0 aliphatic heterocycles. The molecular formula is C18H18N2O3. The molecule has 0 saturated carbocycles. The van der Waals surface area contributed by atoms with Crippen LogP contribution in [0.3, 0.4) is 0 Å². The molecule has 0 amide bonds. The van der Waals surface area contributed by atoms with E-state index in [0.717, 1.165) is 22.0 Å². The molecule has 3 aromatic rings. The van der Waals surface area contributed by atoms with Crippen molar-refractivity contribution in [2.45, 2.75) is 12.3 Å². The maximum absolute atomic E-state index is 10.8. The molecule has 0 spiro atoms. The number of aryl methyl sites for hydroxylation is 1. The summed E-state index contributed by atoms with van der Waals surface area (Å²) in [6, 6.07) is 14.7.